The van der Waals surface area contributed by atoms with E-state index >= 15 is 0 Å². The van der Waals surface area contributed by atoms with Gasteiger partial charge in [0.1, 0.15) is 5.54 Å². The quantitative estimate of drug-likeness (QED) is 0.826. The lowest BCUT2D eigenvalue weighted by Gasteiger charge is -2.23. The lowest BCUT2D eigenvalue weighted by Crippen LogP contribution is -2.51. The second kappa shape index (κ2) is 4.57. The number of aromatic nitrogens is 1. The number of rotatable bonds is 4. The maximum Gasteiger partial charge on any atom is 0.329 e. The van der Waals surface area contributed by atoms with Crippen LogP contribution in [0.15, 0.2) is 4.42 Å². The van der Waals surface area contributed by atoms with Gasteiger partial charge in [-0.05, 0) is 20.3 Å². The molecule has 1 unspecified atom stereocenters. The van der Waals surface area contributed by atoms with Crippen molar-refractivity contribution < 1.29 is 19.1 Å². The van der Waals surface area contributed by atoms with Crippen LogP contribution in [0.4, 0.5) is 0 Å². The molecule has 1 atom stereocenters. The molecule has 1 amide bonds. The van der Waals surface area contributed by atoms with Crippen LogP contribution in [0.3, 0.4) is 0 Å². The van der Waals surface area contributed by atoms with Gasteiger partial charge < -0.3 is 14.8 Å². The number of carboxylic acid groups (broad SMARTS) is 1. The number of carbonyl (C=O) groups excluding carboxylic acids is 1. The molecule has 0 radical (unpaired) electrons. The van der Waals surface area contributed by atoms with Crippen molar-refractivity contribution in [1.29, 1.82) is 0 Å². The second-order valence-corrected chi connectivity index (χ2v) is 4.09. The largest absolute Gasteiger partial charge is 0.480 e. The summed E-state index contributed by atoms with van der Waals surface area (Å²) < 4.78 is 5.13. The zero-order valence-corrected chi connectivity index (χ0v) is 10.3. The van der Waals surface area contributed by atoms with Gasteiger partial charge in [0.2, 0.25) is 5.76 Å². The average Bonchev–Trinajstić information content (AvgIpc) is 2.57. The molecule has 0 spiro atoms. The Morgan fingerprint density at radius 3 is 2.41 bits per heavy atom. The van der Waals surface area contributed by atoms with Gasteiger partial charge in [0.05, 0.1) is 5.69 Å². The minimum absolute atomic E-state index is 0.0587. The average molecular weight is 240 g/mol. The summed E-state index contributed by atoms with van der Waals surface area (Å²) in [6, 6.07) is 0. The topological polar surface area (TPSA) is 92.4 Å². The minimum Gasteiger partial charge on any atom is -0.480 e. The molecule has 0 saturated carbocycles. The number of hydrogen-bond acceptors (Lipinski definition) is 4. The summed E-state index contributed by atoms with van der Waals surface area (Å²) in [5, 5.41) is 11.5. The Morgan fingerprint density at radius 2 is 2.06 bits per heavy atom. The number of carboxylic acids is 1. The van der Waals surface area contributed by atoms with Gasteiger partial charge in [-0.15, -0.1) is 0 Å². The van der Waals surface area contributed by atoms with Crippen LogP contribution in [0.5, 0.6) is 0 Å². The summed E-state index contributed by atoms with van der Waals surface area (Å²) in [4.78, 5) is 26.9. The molecule has 1 heterocycles. The predicted octanol–water partition coefficient (Wildman–Crippen LogP) is 1.27. The molecule has 94 valence electrons. The molecule has 1 rings (SSSR count). The third-order valence-corrected chi connectivity index (χ3v) is 2.68. The SMILES string of the molecule is CCC(C)(NC(=O)c1oc(C)nc1C)C(=O)O. The predicted molar refractivity (Wildman–Crippen MR) is 59.8 cm³/mol. The first-order chi connectivity index (χ1) is 7.80. The van der Waals surface area contributed by atoms with E-state index in [1.807, 2.05) is 0 Å². The lowest BCUT2D eigenvalue weighted by atomic mass is 9.99. The molecular weight excluding hydrogens is 224 g/mol. The standard InChI is InChI=1S/C11H16N2O4/c1-5-11(4,10(15)16)13-9(14)8-6(2)12-7(3)17-8/h5H2,1-4H3,(H,13,14)(H,15,16). The molecule has 0 aromatic carbocycles. The fourth-order valence-corrected chi connectivity index (χ4v) is 1.34. The third kappa shape index (κ3) is 2.64. The van der Waals surface area contributed by atoms with E-state index in [1.54, 1.807) is 20.8 Å². The van der Waals surface area contributed by atoms with Crippen molar-refractivity contribution in [3.63, 3.8) is 0 Å². The van der Waals surface area contributed by atoms with Crippen LogP contribution < -0.4 is 5.32 Å². The van der Waals surface area contributed by atoms with E-state index in [1.165, 1.54) is 6.92 Å². The molecular formula is C11H16N2O4. The van der Waals surface area contributed by atoms with Crippen LogP contribution in [-0.4, -0.2) is 27.5 Å². The van der Waals surface area contributed by atoms with E-state index in [4.69, 9.17) is 9.52 Å². The van der Waals surface area contributed by atoms with Crippen LogP contribution in [0.2, 0.25) is 0 Å². The summed E-state index contributed by atoms with van der Waals surface area (Å²) in [6.07, 6.45) is 0.278. The molecule has 0 aliphatic heterocycles. The number of nitrogens with zero attached hydrogens (tertiary/aromatic N) is 1. The number of amides is 1. The molecule has 17 heavy (non-hydrogen) atoms. The Morgan fingerprint density at radius 1 is 1.47 bits per heavy atom. The normalized spacial score (nSPS) is 14.1. The fraction of sp³-hybridized carbons (Fsp3) is 0.545. The molecule has 0 fully saturated rings. The number of aryl methyl sites for hydroxylation is 2. The number of hydrogen-bond donors (Lipinski definition) is 2. The Kier molecular flexibility index (Phi) is 3.55. The molecule has 0 saturated heterocycles. The van der Waals surface area contributed by atoms with Crippen molar-refractivity contribution in [1.82, 2.24) is 10.3 Å². The van der Waals surface area contributed by atoms with Gasteiger partial charge in [0.25, 0.3) is 5.91 Å². The first-order valence-corrected chi connectivity index (χ1v) is 5.30. The van der Waals surface area contributed by atoms with Gasteiger partial charge in [-0.25, -0.2) is 9.78 Å². The second-order valence-electron chi connectivity index (χ2n) is 4.09. The summed E-state index contributed by atoms with van der Waals surface area (Å²) in [6.45, 7) is 6.40. The highest BCUT2D eigenvalue weighted by atomic mass is 16.4. The summed E-state index contributed by atoms with van der Waals surface area (Å²) in [5.41, 5.74) is -0.853. The maximum absolute atomic E-state index is 11.8. The maximum atomic E-state index is 11.8. The van der Waals surface area contributed by atoms with Gasteiger partial charge in [-0.2, -0.15) is 0 Å². The lowest BCUT2D eigenvalue weighted by molar-refractivity contribution is -0.143. The van der Waals surface area contributed by atoms with Crippen molar-refractivity contribution in [2.24, 2.45) is 0 Å². The van der Waals surface area contributed by atoms with Gasteiger partial charge >= 0.3 is 5.97 Å². The smallest absolute Gasteiger partial charge is 0.329 e. The summed E-state index contributed by atoms with van der Waals surface area (Å²) in [5.74, 6) is -1.21. The highest BCUT2D eigenvalue weighted by Crippen LogP contribution is 2.14. The number of nitrogens with one attached hydrogen (secondary N) is 1. The zero-order valence-electron chi connectivity index (χ0n) is 10.3. The highest BCUT2D eigenvalue weighted by molar-refractivity contribution is 5.96. The number of oxazole rings is 1. The summed E-state index contributed by atoms with van der Waals surface area (Å²) >= 11 is 0. The van der Waals surface area contributed by atoms with Crippen LogP contribution in [0.25, 0.3) is 0 Å². The molecule has 1 aromatic rings. The number of aliphatic carboxylic acids is 1. The Hall–Kier alpha value is -1.85. The van der Waals surface area contributed by atoms with Crippen molar-refractivity contribution in [2.45, 2.75) is 39.7 Å². The molecule has 0 aliphatic carbocycles. The van der Waals surface area contributed by atoms with E-state index in [0.717, 1.165) is 0 Å². The highest BCUT2D eigenvalue weighted by Gasteiger charge is 2.34. The van der Waals surface area contributed by atoms with E-state index in [2.05, 4.69) is 10.3 Å². The van der Waals surface area contributed by atoms with E-state index in [9.17, 15) is 9.59 Å². The van der Waals surface area contributed by atoms with Crippen LogP contribution in [-0.2, 0) is 4.79 Å². The Bertz CT molecular complexity index is 452. The molecule has 0 aliphatic rings. The van der Waals surface area contributed by atoms with Crippen molar-refractivity contribution in [3.8, 4) is 0 Å². The van der Waals surface area contributed by atoms with Gasteiger partial charge in [0, 0.05) is 6.92 Å². The first kappa shape index (κ1) is 13.2. The first-order valence-electron chi connectivity index (χ1n) is 5.30. The van der Waals surface area contributed by atoms with Gasteiger partial charge in [0.15, 0.2) is 5.89 Å². The Balaban J connectivity index is 2.93. The van der Waals surface area contributed by atoms with Crippen molar-refractivity contribution in [2.75, 3.05) is 0 Å². The van der Waals surface area contributed by atoms with Crippen molar-refractivity contribution >= 4 is 11.9 Å². The van der Waals surface area contributed by atoms with E-state index < -0.39 is 17.4 Å². The van der Waals surface area contributed by atoms with Gasteiger partial charge in [-0.1, -0.05) is 6.92 Å². The van der Waals surface area contributed by atoms with Crippen LogP contribution in [0.1, 0.15) is 42.4 Å². The number of carbonyl (C=O) groups is 2. The van der Waals surface area contributed by atoms with Crippen molar-refractivity contribution in [3.05, 3.63) is 17.3 Å². The molecule has 0 bridgehead atoms. The fourth-order valence-electron chi connectivity index (χ4n) is 1.34. The summed E-state index contributed by atoms with van der Waals surface area (Å²) in [7, 11) is 0. The van der Waals surface area contributed by atoms with Gasteiger partial charge in [-0.3, -0.25) is 4.79 Å². The molecule has 2 N–H and O–H groups in total. The zero-order chi connectivity index (χ0) is 13.2. The molecule has 6 nitrogen and oxygen atoms in total. The van der Waals surface area contributed by atoms with Crippen LogP contribution >= 0.6 is 0 Å². The minimum atomic E-state index is -1.30. The monoisotopic (exact) mass is 240 g/mol. The third-order valence-electron chi connectivity index (χ3n) is 2.68. The molecule has 1 aromatic heterocycles. The van der Waals surface area contributed by atoms with Crippen LogP contribution in [0, 0.1) is 13.8 Å². The van der Waals surface area contributed by atoms with E-state index in [-0.39, 0.29) is 12.2 Å². The van der Waals surface area contributed by atoms with E-state index in [0.29, 0.717) is 11.6 Å². The molecule has 6 heteroatoms. The Labute approximate surface area is 99.0 Å².